The van der Waals surface area contributed by atoms with Gasteiger partial charge < -0.3 is 11.1 Å². The summed E-state index contributed by atoms with van der Waals surface area (Å²) in [6.45, 7) is 3.98. The minimum absolute atomic E-state index is 0.308. The summed E-state index contributed by atoms with van der Waals surface area (Å²) in [5.74, 6) is -0.385. The highest BCUT2D eigenvalue weighted by Gasteiger charge is 2.17. The number of amides is 2. The number of aromatic nitrogens is 2. The zero-order valence-electron chi connectivity index (χ0n) is 11.9. The molecular formula is C13H19N5O3. The summed E-state index contributed by atoms with van der Waals surface area (Å²) in [4.78, 5) is 30.3. The lowest BCUT2D eigenvalue weighted by molar-refractivity contribution is -0.124. The van der Waals surface area contributed by atoms with E-state index in [0.717, 1.165) is 6.08 Å². The molecule has 0 saturated heterocycles. The molecule has 0 bridgehead atoms. The second-order valence-electron chi connectivity index (χ2n) is 4.86. The third-order valence-corrected chi connectivity index (χ3v) is 2.56. The normalized spacial score (nSPS) is 12.4. The van der Waals surface area contributed by atoms with E-state index in [1.165, 1.54) is 23.9 Å². The lowest BCUT2D eigenvalue weighted by Gasteiger charge is -2.17. The minimum atomic E-state index is -0.662. The van der Waals surface area contributed by atoms with Crippen molar-refractivity contribution in [1.29, 1.82) is 0 Å². The van der Waals surface area contributed by atoms with Crippen molar-refractivity contribution >= 4 is 23.7 Å². The van der Waals surface area contributed by atoms with E-state index in [2.05, 4.69) is 15.3 Å². The molecule has 114 valence electrons. The number of carbonyl (C=O) groups is 2. The molecule has 0 aliphatic heterocycles. The number of hydrogen-bond acceptors (Lipinski definition) is 6. The Labute approximate surface area is 122 Å². The molecule has 0 aliphatic carbocycles. The van der Waals surface area contributed by atoms with Gasteiger partial charge in [0.25, 0.3) is 5.91 Å². The van der Waals surface area contributed by atoms with E-state index >= 15 is 0 Å². The standard InChI is InChI=1S/C13H19N5O3/c1-8(2)5-10(13(14)20)17-11-7-15-9(6-16-11)3-4-12(19)18-21/h3-4,6-8,10,21H,5H2,1-2H3,(H2,14,20)(H,16,17)(H,18,19)/b4-3+/t10-/m1/s1. The number of nitrogens with zero attached hydrogens (tertiary/aromatic N) is 2. The predicted octanol–water partition coefficient (Wildman–Crippen LogP) is 0.307. The molecule has 0 spiro atoms. The van der Waals surface area contributed by atoms with Crippen molar-refractivity contribution in [1.82, 2.24) is 15.4 Å². The van der Waals surface area contributed by atoms with Crippen LogP contribution in [0.3, 0.4) is 0 Å². The van der Waals surface area contributed by atoms with Gasteiger partial charge in [-0.1, -0.05) is 13.8 Å². The van der Waals surface area contributed by atoms with Gasteiger partial charge >= 0.3 is 0 Å². The average Bonchev–Trinajstić information content (AvgIpc) is 2.44. The Balaban J connectivity index is 2.70. The van der Waals surface area contributed by atoms with E-state index in [1.54, 1.807) is 0 Å². The molecule has 0 radical (unpaired) electrons. The van der Waals surface area contributed by atoms with Gasteiger partial charge in [0.2, 0.25) is 5.91 Å². The zero-order valence-corrected chi connectivity index (χ0v) is 11.9. The van der Waals surface area contributed by atoms with Gasteiger partial charge in [-0.3, -0.25) is 19.8 Å². The van der Waals surface area contributed by atoms with Gasteiger partial charge in [0.1, 0.15) is 11.9 Å². The van der Waals surface area contributed by atoms with Gasteiger partial charge in [-0.25, -0.2) is 10.5 Å². The van der Waals surface area contributed by atoms with Crippen molar-refractivity contribution in [2.45, 2.75) is 26.3 Å². The zero-order chi connectivity index (χ0) is 15.8. The van der Waals surface area contributed by atoms with Crippen LogP contribution in [0.15, 0.2) is 18.5 Å². The highest BCUT2D eigenvalue weighted by molar-refractivity contribution is 5.90. The Morgan fingerprint density at radius 3 is 2.57 bits per heavy atom. The van der Waals surface area contributed by atoms with E-state index in [9.17, 15) is 9.59 Å². The molecule has 0 aliphatic rings. The summed E-state index contributed by atoms with van der Waals surface area (Å²) in [5.41, 5.74) is 7.23. The molecule has 0 aromatic carbocycles. The molecule has 1 atom stereocenters. The third-order valence-electron chi connectivity index (χ3n) is 2.56. The molecule has 8 nitrogen and oxygen atoms in total. The lowest BCUT2D eigenvalue weighted by atomic mass is 10.0. The number of nitrogens with two attached hydrogens (primary N) is 1. The molecule has 1 aromatic rings. The van der Waals surface area contributed by atoms with Crippen molar-refractivity contribution in [3.05, 3.63) is 24.2 Å². The fraction of sp³-hybridized carbons (Fsp3) is 0.385. The van der Waals surface area contributed by atoms with E-state index in [-0.39, 0.29) is 0 Å². The summed E-state index contributed by atoms with van der Waals surface area (Å²) in [7, 11) is 0. The smallest absolute Gasteiger partial charge is 0.267 e. The second kappa shape index (κ2) is 7.95. The fourth-order valence-electron chi connectivity index (χ4n) is 1.59. The lowest BCUT2D eigenvalue weighted by Crippen LogP contribution is -2.36. The number of rotatable bonds is 7. The topological polar surface area (TPSA) is 130 Å². The summed E-state index contributed by atoms with van der Waals surface area (Å²) in [6, 6.07) is -0.513. The van der Waals surface area contributed by atoms with Gasteiger partial charge in [0.05, 0.1) is 18.1 Å². The molecular weight excluding hydrogens is 274 g/mol. The Bertz CT molecular complexity index is 513. The summed E-state index contributed by atoms with van der Waals surface area (Å²) in [5, 5.41) is 11.3. The van der Waals surface area contributed by atoms with E-state index in [0.29, 0.717) is 23.9 Å². The van der Waals surface area contributed by atoms with Crippen molar-refractivity contribution in [3.8, 4) is 0 Å². The maximum absolute atomic E-state index is 11.3. The Kier molecular flexibility index (Phi) is 6.28. The summed E-state index contributed by atoms with van der Waals surface area (Å²) in [6.07, 6.45) is 5.96. The van der Waals surface area contributed by atoms with Crippen LogP contribution in [0.4, 0.5) is 5.82 Å². The largest absolute Gasteiger partial charge is 0.368 e. The number of nitrogens with one attached hydrogen (secondary N) is 2. The van der Waals surface area contributed by atoms with Gasteiger partial charge in [-0.15, -0.1) is 0 Å². The molecule has 8 heteroatoms. The summed E-state index contributed by atoms with van der Waals surface area (Å²) < 4.78 is 0. The Morgan fingerprint density at radius 1 is 1.38 bits per heavy atom. The molecule has 0 fully saturated rings. The van der Waals surface area contributed by atoms with Crippen LogP contribution in [0.2, 0.25) is 0 Å². The first-order chi connectivity index (χ1) is 9.92. The van der Waals surface area contributed by atoms with Gasteiger partial charge in [0, 0.05) is 6.08 Å². The van der Waals surface area contributed by atoms with Crippen LogP contribution in [0.5, 0.6) is 0 Å². The SMILES string of the molecule is CC(C)C[C@@H](Nc1cnc(/C=C/C(=O)NO)cn1)C(N)=O. The van der Waals surface area contributed by atoms with Crippen LogP contribution in [-0.4, -0.2) is 33.0 Å². The van der Waals surface area contributed by atoms with E-state index in [1.807, 2.05) is 13.8 Å². The Hall–Kier alpha value is -2.48. The number of primary amides is 1. The highest BCUT2D eigenvalue weighted by atomic mass is 16.5. The van der Waals surface area contributed by atoms with Crippen molar-refractivity contribution in [2.24, 2.45) is 11.7 Å². The minimum Gasteiger partial charge on any atom is -0.368 e. The van der Waals surface area contributed by atoms with Crippen molar-refractivity contribution < 1.29 is 14.8 Å². The number of hydrogen-bond donors (Lipinski definition) is 4. The van der Waals surface area contributed by atoms with Crippen molar-refractivity contribution in [3.63, 3.8) is 0 Å². The van der Waals surface area contributed by atoms with Crippen LogP contribution < -0.4 is 16.5 Å². The van der Waals surface area contributed by atoms with Crippen LogP contribution in [0.1, 0.15) is 26.0 Å². The average molecular weight is 293 g/mol. The quantitative estimate of drug-likeness (QED) is 0.325. The first kappa shape index (κ1) is 16.6. The third kappa shape index (κ3) is 6.00. The Morgan fingerprint density at radius 2 is 2.10 bits per heavy atom. The molecule has 1 rings (SSSR count). The molecule has 1 aromatic heterocycles. The maximum Gasteiger partial charge on any atom is 0.267 e. The molecule has 21 heavy (non-hydrogen) atoms. The number of carbonyl (C=O) groups excluding carboxylic acids is 2. The van der Waals surface area contributed by atoms with E-state index in [4.69, 9.17) is 10.9 Å². The number of hydroxylamine groups is 1. The first-order valence-electron chi connectivity index (χ1n) is 6.42. The van der Waals surface area contributed by atoms with Crippen LogP contribution >= 0.6 is 0 Å². The fourth-order valence-corrected chi connectivity index (χ4v) is 1.59. The van der Waals surface area contributed by atoms with Crippen LogP contribution in [-0.2, 0) is 9.59 Å². The van der Waals surface area contributed by atoms with Crippen LogP contribution in [0.25, 0.3) is 6.08 Å². The monoisotopic (exact) mass is 293 g/mol. The predicted molar refractivity (Wildman–Crippen MR) is 77.1 cm³/mol. The molecule has 1 heterocycles. The maximum atomic E-state index is 11.3. The molecule has 5 N–H and O–H groups in total. The van der Waals surface area contributed by atoms with Gasteiger partial charge in [-0.2, -0.15) is 0 Å². The molecule has 0 saturated carbocycles. The first-order valence-corrected chi connectivity index (χ1v) is 6.42. The van der Waals surface area contributed by atoms with Crippen molar-refractivity contribution in [2.75, 3.05) is 5.32 Å². The van der Waals surface area contributed by atoms with Crippen LogP contribution in [0, 0.1) is 5.92 Å². The van der Waals surface area contributed by atoms with Gasteiger partial charge in [-0.05, 0) is 18.4 Å². The second-order valence-corrected chi connectivity index (χ2v) is 4.86. The summed E-state index contributed by atoms with van der Waals surface area (Å²) >= 11 is 0. The molecule has 0 unspecified atom stereocenters. The molecule has 2 amide bonds. The number of anilines is 1. The highest BCUT2D eigenvalue weighted by Crippen LogP contribution is 2.10. The van der Waals surface area contributed by atoms with Gasteiger partial charge in [0.15, 0.2) is 0 Å². The van der Waals surface area contributed by atoms with E-state index < -0.39 is 17.9 Å².